The summed E-state index contributed by atoms with van der Waals surface area (Å²) in [4.78, 5) is 25.4. The summed E-state index contributed by atoms with van der Waals surface area (Å²) in [6.45, 7) is 1.95. The number of nitrogens with one attached hydrogen (secondary N) is 1. The fourth-order valence-corrected chi connectivity index (χ4v) is 3.33. The van der Waals surface area contributed by atoms with Crippen molar-refractivity contribution < 1.29 is 9.53 Å². The molecule has 3 aromatic heterocycles. The lowest BCUT2D eigenvalue weighted by Crippen LogP contribution is -2.24. The van der Waals surface area contributed by atoms with Crippen molar-refractivity contribution in [2.24, 2.45) is 0 Å². The quantitative estimate of drug-likeness (QED) is 0.784. The number of hydrogen-bond donors (Lipinski definition) is 1. The third-order valence-electron chi connectivity index (χ3n) is 4.74. The van der Waals surface area contributed by atoms with Crippen molar-refractivity contribution >= 4 is 16.8 Å². The normalized spacial score (nSPS) is 15.1. The van der Waals surface area contributed by atoms with E-state index in [0.717, 1.165) is 48.1 Å². The Balaban J connectivity index is 1.63. The Labute approximate surface area is 151 Å². The molecule has 4 heterocycles. The van der Waals surface area contributed by atoms with E-state index in [4.69, 9.17) is 4.74 Å². The minimum absolute atomic E-state index is 0.172. The topological polar surface area (TPSA) is 77.0 Å². The zero-order valence-corrected chi connectivity index (χ0v) is 14.4. The van der Waals surface area contributed by atoms with Gasteiger partial charge in [0, 0.05) is 49.9 Å². The van der Waals surface area contributed by atoms with Gasteiger partial charge in [-0.3, -0.25) is 14.8 Å². The molecule has 0 spiro atoms. The summed E-state index contributed by atoms with van der Waals surface area (Å²) >= 11 is 0. The number of amides is 1. The second kappa shape index (κ2) is 7.58. The van der Waals surface area contributed by atoms with Crippen LogP contribution < -0.4 is 5.32 Å². The first-order valence-corrected chi connectivity index (χ1v) is 8.81. The molecular weight excluding hydrogens is 328 g/mol. The molecule has 0 unspecified atom stereocenters. The molecule has 0 aromatic carbocycles. The van der Waals surface area contributed by atoms with Gasteiger partial charge in [-0.1, -0.05) is 0 Å². The minimum atomic E-state index is -0.172. The molecule has 0 saturated carbocycles. The number of fused-ring (bicyclic) bond motifs is 1. The van der Waals surface area contributed by atoms with Crippen molar-refractivity contribution in [2.75, 3.05) is 13.2 Å². The highest BCUT2D eigenvalue weighted by molar-refractivity contribution is 5.95. The van der Waals surface area contributed by atoms with E-state index < -0.39 is 0 Å². The average molecular weight is 348 g/mol. The number of hydrogen-bond acceptors (Lipinski definition) is 5. The molecule has 6 nitrogen and oxygen atoms in total. The molecule has 0 radical (unpaired) electrons. The van der Waals surface area contributed by atoms with E-state index in [1.54, 1.807) is 18.6 Å². The number of nitrogens with zero attached hydrogens (tertiary/aromatic N) is 3. The van der Waals surface area contributed by atoms with E-state index in [-0.39, 0.29) is 5.91 Å². The van der Waals surface area contributed by atoms with Crippen molar-refractivity contribution in [1.29, 1.82) is 0 Å². The van der Waals surface area contributed by atoms with Crippen LogP contribution in [-0.2, 0) is 11.3 Å². The number of carbonyl (C=O) groups excluding carboxylic acids is 1. The fourth-order valence-electron chi connectivity index (χ4n) is 3.33. The van der Waals surface area contributed by atoms with Gasteiger partial charge in [0.1, 0.15) is 5.69 Å². The summed E-state index contributed by atoms with van der Waals surface area (Å²) in [6.07, 6.45) is 8.88. The molecule has 4 rings (SSSR count). The second-order valence-electron chi connectivity index (χ2n) is 6.41. The van der Waals surface area contributed by atoms with Gasteiger partial charge in [0.05, 0.1) is 5.52 Å². The Kier molecular flexibility index (Phi) is 4.84. The molecule has 132 valence electrons. The van der Waals surface area contributed by atoms with Gasteiger partial charge in [-0.25, -0.2) is 4.98 Å². The Morgan fingerprint density at radius 3 is 2.69 bits per heavy atom. The molecule has 0 aliphatic carbocycles. The van der Waals surface area contributed by atoms with E-state index in [9.17, 15) is 4.79 Å². The summed E-state index contributed by atoms with van der Waals surface area (Å²) in [5, 5.41) is 3.96. The predicted octanol–water partition coefficient (Wildman–Crippen LogP) is 2.85. The zero-order chi connectivity index (χ0) is 17.8. The van der Waals surface area contributed by atoms with E-state index in [1.165, 1.54) is 0 Å². The third kappa shape index (κ3) is 3.55. The fraction of sp³-hybridized carbons (Fsp3) is 0.300. The number of aromatic nitrogens is 3. The molecule has 1 aliphatic heterocycles. The van der Waals surface area contributed by atoms with E-state index in [1.807, 2.05) is 30.5 Å². The number of pyridine rings is 3. The molecule has 0 bridgehead atoms. The van der Waals surface area contributed by atoms with E-state index in [0.29, 0.717) is 18.2 Å². The number of carbonyl (C=O) groups is 1. The standard InChI is InChI=1S/C20H20N4O2/c25-20(23-12-14-1-6-21-7-2-14)19-11-16(15-4-9-26-10-5-15)17-13-22-8-3-18(17)24-19/h1-3,6-8,11,13,15H,4-5,9-10,12H2,(H,23,25). The molecule has 1 fully saturated rings. The summed E-state index contributed by atoms with van der Waals surface area (Å²) in [6, 6.07) is 7.54. The molecule has 6 heteroatoms. The highest BCUT2D eigenvalue weighted by Crippen LogP contribution is 2.32. The zero-order valence-electron chi connectivity index (χ0n) is 14.4. The van der Waals surface area contributed by atoms with Crippen LogP contribution >= 0.6 is 0 Å². The summed E-state index contributed by atoms with van der Waals surface area (Å²) in [5.74, 6) is 0.194. The number of ether oxygens (including phenoxy) is 1. The van der Waals surface area contributed by atoms with Crippen LogP contribution in [0.2, 0.25) is 0 Å². The maximum Gasteiger partial charge on any atom is 0.270 e. The van der Waals surface area contributed by atoms with Crippen LogP contribution in [0.25, 0.3) is 10.9 Å². The first-order valence-electron chi connectivity index (χ1n) is 8.81. The van der Waals surface area contributed by atoms with Gasteiger partial charge in [-0.15, -0.1) is 0 Å². The molecule has 3 aromatic rings. The molecular formula is C20H20N4O2. The third-order valence-corrected chi connectivity index (χ3v) is 4.74. The van der Waals surface area contributed by atoms with Gasteiger partial charge >= 0.3 is 0 Å². The summed E-state index contributed by atoms with van der Waals surface area (Å²) < 4.78 is 5.48. The van der Waals surface area contributed by atoms with Gasteiger partial charge in [-0.05, 0) is 54.2 Å². The van der Waals surface area contributed by atoms with Gasteiger partial charge < -0.3 is 10.1 Å². The molecule has 1 N–H and O–H groups in total. The van der Waals surface area contributed by atoms with Gasteiger partial charge in [0.15, 0.2) is 0 Å². The highest BCUT2D eigenvalue weighted by atomic mass is 16.5. The van der Waals surface area contributed by atoms with Crippen LogP contribution in [0.5, 0.6) is 0 Å². The Hall–Kier alpha value is -2.86. The van der Waals surface area contributed by atoms with Gasteiger partial charge in [-0.2, -0.15) is 0 Å². The monoisotopic (exact) mass is 348 g/mol. The summed E-state index contributed by atoms with van der Waals surface area (Å²) in [7, 11) is 0. The molecule has 0 atom stereocenters. The first-order chi connectivity index (χ1) is 12.8. The summed E-state index contributed by atoms with van der Waals surface area (Å²) in [5.41, 5.74) is 3.39. The maximum absolute atomic E-state index is 12.7. The SMILES string of the molecule is O=C(NCc1ccncc1)c1cc(C2CCOCC2)c2cnccc2n1. The lowest BCUT2D eigenvalue weighted by atomic mass is 9.89. The van der Waals surface area contributed by atoms with Crippen molar-refractivity contribution in [3.8, 4) is 0 Å². The van der Waals surface area contributed by atoms with E-state index >= 15 is 0 Å². The van der Waals surface area contributed by atoms with Crippen LogP contribution in [0.15, 0.2) is 49.1 Å². The maximum atomic E-state index is 12.7. The van der Waals surface area contributed by atoms with Crippen LogP contribution in [0.4, 0.5) is 0 Å². The molecule has 26 heavy (non-hydrogen) atoms. The molecule has 1 aliphatic rings. The lowest BCUT2D eigenvalue weighted by Gasteiger charge is -2.24. The van der Waals surface area contributed by atoms with Crippen molar-refractivity contribution in [1.82, 2.24) is 20.3 Å². The minimum Gasteiger partial charge on any atom is -0.381 e. The van der Waals surface area contributed by atoms with Crippen LogP contribution in [0.1, 0.15) is 40.4 Å². The smallest absolute Gasteiger partial charge is 0.270 e. The van der Waals surface area contributed by atoms with Crippen molar-refractivity contribution in [3.63, 3.8) is 0 Å². The predicted molar refractivity (Wildman–Crippen MR) is 97.7 cm³/mol. The Bertz CT molecular complexity index is 908. The highest BCUT2D eigenvalue weighted by Gasteiger charge is 2.21. The van der Waals surface area contributed by atoms with E-state index in [2.05, 4.69) is 20.3 Å². The molecule has 1 saturated heterocycles. The van der Waals surface area contributed by atoms with Crippen molar-refractivity contribution in [2.45, 2.75) is 25.3 Å². The van der Waals surface area contributed by atoms with Gasteiger partial charge in [0.2, 0.25) is 0 Å². The van der Waals surface area contributed by atoms with Crippen LogP contribution in [0, 0.1) is 0 Å². The van der Waals surface area contributed by atoms with Gasteiger partial charge in [0.25, 0.3) is 5.91 Å². The Morgan fingerprint density at radius 1 is 1.12 bits per heavy atom. The van der Waals surface area contributed by atoms with Crippen molar-refractivity contribution in [3.05, 3.63) is 65.9 Å². The first kappa shape index (κ1) is 16.6. The average Bonchev–Trinajstić information content (AvgIpc) is 2.72. The Morgan fingerprint density at radius 2 is 1.88 bits per heavy atom. The second-order valence-corrected chi connectivity index (χ2v) is 6.41. The lowest BCUT2D eigenvalue weighted by molar-refractivity contribution is 0.0855. The molecule has 1 amide bonds. The number of rotatable bonds is 4. The van der Waals surface area contributed by atoms with Crippen LogP contribution in [0.3, 0.4) is 0 Å². The van der Waals surface area contributed by atoms with Crippen LogP contribution in [-0.4, -0.2) is 34.1 Å². The largest absolute Gasteiger partial charge is 0.381 e.